The molecule has 0 saturated heterocycles. The number of allylic oxidation sites excluding steroid dienone is 8. The number of carbonyl (C=O) groups excluding carboxylic acids is 3. The number of quaternary nitrogens is 1. The number of carboxylic acid groups (broad SMARTS) is 1. The van der Waals surface area contributed by atoms with Crippen molar-refractivity contribution in [2.45, 2.75) is 244 Å². The molecule has 0 bridgehead atoms. The molecule has 0 aliphatic carbocycles. The molecule has 0 aromatic rings. The van der Waals surface area contributed by atoms with E-state index in [2.05, 4.69) is 62.5 Å². The minimum Gasteiger partial charge on any atom is -0.544 e. The Morgan fingerprint density at radius 1 is 0.492 bits per heavy atom. The fourth-order valence-electron chi connectivity index (χ4n) is 7.71. The predicted octanol–water partition coefficient (Wildman–Crippen LogP) is 13.8. The molecule has 0 amide bonds. The van der Waals surface area contributed by atoms with E-state index in [1.807, 2.05) is 0 Å². The van der Waals surface area contributed by atoms with Crippen LogP contribution in [0.5, 0.6) is 0 Å². The quantitative estimate of drug-likeness (QED) is 0.0259. The molecule has 2 atom stereocenters. The molecule has 0 heterocycles. The summed E-state index contributed by atoms with van der Waals surface area (Å²) >= 11 is 0. The van der Waals surface area contributed by atoms with Crippen LogP contribution in [-0.4, -0.2) is 75.5 Å². The first kappa shape index (κ1) is 60.3. The Morgan fingerprint density at radius 3 is 1.32 bits per heavy atom. The third kappa shape index (κ3) is 44.3. The summed E-state index contributed by atoms with van der Waals surface area (Å²) in [6, 6.07) is -0.728. The SMILES string of the molecule is CC/C=C/C/C=C/C/C=C/C/C=C/CCCCCCCCCC(=O)OC(COCCC(C(=O)[O-])[N+](C)(C)C)COC(=O)CCCCCCCCCCCCCCCCCCCCC. The van der Waals surface area contributed by atoms with Gasteiger partial charge in [-0.1, -0.05) is 210 Å². The van der Waals surface area contributed by atoms with Crippen LogP contribution in [0, 0.1) is 0 Å². The van der Waals surface area contributed by atoms with Gasteiger partial charge in [0.15, 0.2) is 6.10 Å². The first-order valence-corrected chi connectivity index (χ1v) is 26.2. The number of rotatable bonds is 47. The van der Waals surface area contributed by atoms with Crippen LogP contribution in [0.3, 0.4) is 0 Å². The summed E-state index contributed by atoms with van der Waals surface area (Å²) in [5.74, 6) is -1.74. The van der Waals surface area contributed by atoms with E-state index in [0.29, 0.717) is 12.8 Å². The van der Waals surface area contributed by atoms with Crippen molar-refractivity contribution < 1.29 is 38.2 Å². The third-order valence-corrected chi connectivity index (χ3v) is 11.7. The first-order chi connectivity index (χ1) is 30.6. The summed E-state index contributed by atoms with van der Waals surface area (Å²) in [7, 11) is 5.42. The number of ether oxygens (including phenoxy) is 3. The van der Waals surface area contributed by atoms with Crippen molar-refractivity contribution in [3.8, 4) is 0 Å². The highest BCUT2D eigenvalue weighted by Gasteiger charge is 2.25. The average Bonchev–Trinajstić information content (AvgIpc) is 3.24. The lowest BCUT2D eigenvalue weighted by atomic mass is 10.0. The van der Waals surface area contributed by atoms with Crippen LogP contribution in [0.25, 0.3) is 0 Å². The van der Waals surface area contributed by atoms with Gasteiger partial charge in [0, 0.05) is 19.3 Å². The van der Waals surface area contributed by atoms with E-state index in [1.54, 1.807) is 21.1 Å². The second-order valence-electron chi connectivity index (χ2n) is 18.7. The van der Waals surface area contributed by atoms with Crippen molar-refractivity contribution in [1.29, 1.82) is 0 Å². The van der Waals surface area contributed by atoms with E-state index in [9.17, 15) is 19.5 Å². The van der Waals surface area contributed by atoms with Crippen molar-refractivity contribution in [2.24, 2.45) is 0 Å². The fraction of sp³-hybridized carbons (Fsp3) is 0.800. The average molecular weight is 886 g/mol. The van der Waals surface area contributed by atoms with Gasteiger partial charge < -0.3 is 28.6 Å². The number of hydrogen-bond acceptors (Lipinski definition) is 7. The smallest absolute Gasteiger partial charge is 0.306 e. The Hall–Kier alpha value is -2.71. The highest BCUT2D eigenvalue weighted by atomic mass is 16.6. The Labute approximate surface area is 388 Å². The summed E-state index contributed by atoms with van der Waals surface area (Å²) in [5, 5.41) is 11.7. The zero-order chi connectivity index (χ0) is 46.3. The van der Waals surface area contributed by atoms with Crippen molar-refractivity contribution in [3.05, 3.63) is 48.6 Å². The lowest BCUT2D eigenvalue weighted by Crippen LogP contribution is -2.55. The Morgan fingerprint density at radius 2 is 0.889 bits per heavy atom. The number of hydrogen-bond donors (Lipinski definition) is 0. The molecule has 0 aliphatic heterocycles. The van der Waals surface area contributed by atoms with E-state index in [0.717, 1.165) is 77.0 Å². The summed E-state index contributed by atoms with van der Waals surface area (Å²) in [6.07, 6.45) is 55.7. The lowest BCUT2D eigenvalue weighted by Gasteiger charge is -2.34. The largest absolute Gasteiger partial charge is 0.544 e. The third-order valence-electron chi connectivity index (χ3n) is 11.7. The molecule has 0 saturated carbocycles. The summed E-state index contributed by atoms with van der Waals surface area (Å²) in [4.78, 5) is 37.1. The topological polar surface area (TPSA) is 102 Å². The minimum absolute atomic E-state index is 0.0378. The van der Waals surface area contributed by atoms with E-state index >= 15 is 0 Å². The molecule has 0 rings (SSSR count). The maximum atomic E-state index is 12.8. The maximum absolute atomic E-state index is 12.8. The number of carboxylic acids is 1. The number of nitrogens with zero attached hydrogens (tertiary/aromatic N) is 1. The van der Waals surface area contributed by atoms with Gasteiger partial charge in [0.1, 0.15) is 12.6 Å². The minimum atomic E-state index is -1.13. The normalized spacial score (nSPS) is 13.2. The van der Waals surface area contributed by atoms with Crippen LogP contribution < -0.4 is 5.11 Å². The number of aliphatic carboxylic acids is 1. The van der Waals surface area contributed by atoms with E-state index in [1.165, 1.54) is 122 Å². The molecule has 0 aliphatic rings. The van der Waals surface area contributed by atoms with Crippen LogP contribution in [0.4, 0.5) is 0 Å². The molecule has 366 valence electrons. The highest BCUT2D eigenvalue weighted by Crippen LogP contribution is 2.16. The second kappa shape index (κ2) is 45.8. The molecule has 0 N–H and O–H groups in total. The van der Waals surface area contributed by atoms with E-state index in [-0.39, 0.29) is 42.7 Å². The van der Waals surface area contributed by atoms with Gasteiger partial charge in [0.05, 0.1) is 40.3 Å². The van der Waals surface area contributed by atoms with Crippen LogP contribution in [-0.2, 0) is 28.6 Å². The van der Waals surface area contributed by atoms with E-state index in [4.69, 9.17) is 14.2 Å². The molecule has 0 spiro atoms. The van der Waals surface area contributed by atoms with Gasteiger partial charge in [0.2, 0.25) is 0 Å². The molecule has 0 aromatic carbocycles. The highest BCUT2D eigenvalue weighted by molar-refractivity contribution is 5.70. The molecule has 2 unspecified atom stereocenters. The molecule has 8 heteroatoms. The number of likely N-dealkylation sites (N-methyl/N-ethyl adjacent to an activating group) is 1. The fourth-order valence-corrected chi connectivity index (χ4v) is 7.71. The standard InChI is InChI=1S/C55H99NO7/c1-6-8-10-12-14-16-18-20-22-24-26-28-30-32-34-36-38-40-42-44-46-54(58)63-51(49-61-48-47-52(55(59)60)56(3,4)5)50-62-53(57)45-43-41-39-37-35-33-31-29-27-25-23-21-19-17-15-13-11-9-7-2/h8,10,14,16,20,22,26,28,51-52H,6-7,9,11-13,15,17-19,21,23-25,27,29-50H2,1-5H3/b10-8+,16-14+,22-20+,28-26+. The van der Waals surface area contributed by atoms with Gasteiger partial charge in [-0.25, -0.2) is 0 Å². The van der Waals surface area contributed by atoms with Gasteiger partial charge in [-0.3, -0.25) is 9.59 Å². The molecule has 63 heavy (non-hydrogen) atoms. The van der Waals surface area contributed by atoms with Crippen LogP contribution in [0.2, 0.25) is 0 Å². The number of unbranched alkanes of at least 4 members (excludes halogenated alkanes) is 25. The van der Waals surface area contributed by atoms with Crippen molar-refractivity contribution >= 4 is 17.9 Å². The van der Waals surface area contributed by atoms with Crippen molar-refractivity contribution in [3.63, 3.8) is 0 Å². The monoisotopic (exact) mass is 886 g/mol. The van der Waals surface area contributed by atoms with Crippen LogP contribution in [0.15, 0.2) is 48.6 Å². The van der Waals surface area contributed by atoms with Gasteiger partial charge in [-0.05, 0) is 51.4 Å². The van der Waals surface area contributed by atoms with E-state index < -0.39 is 18.1 Å². The Kier molecular flexibility index (Phi) is 43.9. The number of esters is 2. The van der Waals surface area contributed by atoms with Gasteiger partial charge in [-0.15, -0.1) is 0 Å². The van der Waals surface area contributed by atoms with Gasteiger partial charge >= 0.3 is 11.9 Å². The second-order valence-corrected chi connectivity index (χ2v) is 18.7. The maximum Gasteiger partial charge on any atom is 0.306 e. The molecular weight excluding hydrogens is 787 g/mol. The molecule has 0 radical (unpaired) electrons. The van der Waals surface area contributed by atoms with Gasteiger partial charge in [0.25, 0.3) is 0 Å². The van der Waals surface area contributed by atoms with Crippen molar-refractivity contribution in [1.82, 2.24) is 0 Å². The molecular formula is C55H99NO7. The van der Waals surface area contributed by atoms with Crippen LogP contribution >= 0.6 is 0 Å². The lowest BCUT2D eigenvalue weighted by molar-refractivity contribution is -0.889. The summed E-state index contributed by atoms with van der Waals surface area (Å²) < 4.78 is 17.3. The Bertz CT molecular complexity index is 1170. The number of carbonyl (C=O) groups is 3. The Balaban J connectivity index is 4.24. The van der Waals surface area contributed by atoms with Gasteiger partial charge in [-0.2, -0.15) is 0 Å². The zero-order valence-electron chi connectivity index (χ0n) is 41.7. The zero-order valence-corrected chi connectivity index (χ0v) is 41.7. The predicted molar refractivity (Wildman–Crippen MR) is 263 cm³/mol. The summed E-state index contributed by atoms with van der Waals surface area (Å²) in [6.45, 7) is 4.57. The summed E-state index contributed by atoms with van der Waals surface area (Å²) in [5.41, 5.74) is 0. The van der Waals surface area contributed by atoms with Crippen molar-refractivity contribution in [2.75, 3.05) is 41.0 Å². The molecule has 8 nitrogen and oxygen atoms in total. The van der Waals surface area contributed by atoms with Crippen LogP contribution in [0.1, 0.15) is 232 Å². The first-order valence-electron chi connectivity index (χ1n) is 26.2. The molecule has 0 aromatic heterocycles. The molecule has 0 fully saturated rings.